The number of fused-ring (bicyclic) bond motifs is 1. The van der Waals surface area contributed by atoms with Gasteiger partial charge in [0.05, 0.1) is 11.1 Å². The number of hydrogen-bond acceptors (Lipinski definition) is 4. The van der Waals surface area contributed by atoms with E-state index >= 15 is 0 Å². The monoisotopic (exact) mass is 290 g/mol. The van der Waals surface area contributed by atoms with E-state index in [1.807, 2.05) is 5.32 Å². The molecule has 0 unspecified atom stereocenters. The van der Waals surface area contributed by atoms with Crippen LogP contribution in [0, 0.1) is 0 Å². The molecule has 2 heterocycles. The van der Waals surface area contributed by atoms with Gasteiger partial charge in [0, 0.05) is 6.42 Å². The molecule has 0 saturated carbocycles. The third-order valence-electron chi connectivity index (χ3n) is 3.88. The first-order valence-corrected chi connectivity index (χ1v) is 6.39. The highest BCUT2D eigenvalue weighted by molar-refractivity contribution is 6.24. The maximum absolute atomic E-state index is 13.6. The fourth-order valence-corrected chi connectivity index (χ4v) is 2.72. The van der Waals surface area contributed by atoms with Crippen molar-refractivity contribution < 1.29 is 23.6 Å². The van der Waals surface area contributed by atoms with Crippen LogP contribution in [0.4, 0.5) is 4.39 Å². The molecule has 0 aromatic heterocycles. The van der Waals surface area contributed by atoms with Gasteiger partial charge in [0.15, 0.2) is 5.54 Å². The van der Waals surface area contributed by atoms with Crippen molar-refractivity contribution in [3.05, 3.63) is 35.4 Å². The van der Waals surface area contributed by atoms with E-state index < -0.39 is 35.8 Å². The Bertz CT molecular complexity index is 652. The molecule has 1 N–H and O–H groups in total. The van der Waals surface area contributed by atoms with Gasteiger partial charge in [0.1, 0.15) is 6.67 Å². The maximum Gasteiger partial charge on any atom is 0.262 e. The Morgan fingerprint density at radius 3 is 2.14 bits per heavy atom. The third kappa shape index (κ3) is 1.70. The largest absolute Gasteiger partial charge is 0.294 e. The van der Waals surface area contributed by atoms with Crippen LogP contribution >= 0.6 is 0 Å². The number of amides is 4. The Balaban J connectivity index is 2.08. The maximum atomic E-state index is 13.6. The number of hydrogen-bond donors (Lipinski definition) is 1. The molecular formula is C14H11FN2O4. The van der Waals surface area contributed by atoms with Gasteiger partial charge in [-0.1, -0.05) is 12.1 Å². The van der Waals surface area contributed by atoms with Gasteiger partial charge in [-0.05, 0) is 18.6 Å². The first kappa shape index (κ1) is 13.4. The molecule has 0 spiro atoms. The molecule has 108 valence electrons. The fraction of sp³-hybridized carbons (Fsp3) is 0.286. The number of imide groups is 2. The van der Waals surface area contributed by atoms with Crippen molar-refractivity contribution in [2.45, 2.75) is 18.4 Å². The molecule has 3 rings (SSSR count). The lowest BCUT2D eigenvalue weighted by atomic mass is 9.88. The Morgan fingerprint density at radius 1 is 1.10 bits per heavy atom. The number of nitrogens with zero attached hydrogens (tertiary/aromatic N) is 1. The molecule has 1 atom stereocenters. The van der Waals surface area contributed by atoms with E-state index in [9.17, 15) is 23.6 Å². The minimum absolute atomic E-state index is 0.122. The SMILES string of the molecule is O=C1CC[C@](CF)(N2C(=O)c3ccccc3C2=O)C(=O)N1. The predicted octanol–water partition coefficient (Wildman–Crippen LogP) is 0.428. The standard InChI is InChI=1S/C14H11FN2O4/c15-7-14(6-5-10(18)16-13(14)21)17-11(19)8-3-1-2-4-9(8)12(17)20/h1-4H,5-7H2,(H,16,18,21)/t14-/m1/s1. The lowest BCUT2D eigenvalue weighted by molar-refractivity contribution is -0.142. The van der Waals surface area contributed by atoms with E-state index in [4.69, 9.17) is 0 Å². The zero-order chi connectivity index (χ0) is 15.2. The summed E-state index contributed by atoms with van der Waals surface area (Å²) in [5.74, 6) is -2.91. The molecule has 1 fully saturated rings. The lowest BCUT2D eigenvalue weighted by Gasteiger charge is -2.38. The summed E-state index contributed by atoms with van der Waals surface area (Å²) >= 11 is 0. The summed E-state index contributed by atoms with van der Waals surface area (Å²) in [6, 6.07) is 6.07. The van der Waals surface area contributed by atoms with Crippen molar-refractivity contribution in [3.63, 3.8) is 0 Å². The van der Waals surface area contributed by atoms with Crippen LogP contribution < -0.4 is 5.32 Å². The molecule has 1 aromatic carbocycles. The number of rotatable bonds is 2. The number of alkyl halides is 1. The highest BCUT2D eigenvalue weighted by atomic mass is 19.1. The highest BCUT2D eigenvalue weighted by Gasteiger charge is 2.55. The van der Waals surface area contributed by atoms with Gasteiger partial charge in [0.25, 0.3) is 17.7 Å². The van der Waals surface area contributed by atoms with Crippen molar-refractivity contribution in [3.8, 4) is 0 Å². The zero-order valence-electron chi connectivity index (χ0n) is 10.9. The summed E-state index contributed by atoms with van der Waals surface area (Å²) in [5.41, 5.74) is -1.67. The third-order valence-corrected chi connectivity index (χ3v) is 3.88. The molecular weight excluding hydrogens is 279 g/mol. The van der Waals surface area contributed by atoms with Gasteiger partial charge < -0.3 is 0 Å². The van der Waals surface area contributed by atoms with Crippen LogP contribution in [-0.4, -0.2) is 40.7 Å². The average Bonchev–Trinajstić information content (AvgIpc) is 2.74. The smallest absolute Gasteiger partial charge is 0.262 e. The van der Waals surface area contributed by atoms with E-state index in [0.717, 1.165) is 0 Å². The van der Waals surface area contributed by atoms with Gasteiger partial charge in [-0.15, -0.1) is 0 Å². The van der Waals surface area contributed by atoms with Crippen LogP contribution in [0.15, 0.2) is 24.3 Å². The summed E-state index contributed by atoms with van der Waals surface area (Å²) in [7, 11) is 0. The molecule has 2 aliphatic heterocycles. The summed E-state index contributed by atoms with van der Waals surface area (Å²) in [5, 5.41) is 2.00. The van der Waals surface area contributed by atoms with Crippen molar-refractivity contribution in [2.75, 3.05) is 6.67 Å². The van der Waals surface area contributed by atoms with Crippen LogP contribution in [0.2, 0.25) is 0 Å². The molecule has 4 amide bonds. The van der Waals surface area contributed by atoms with Crippen molar-refractivity contribution in [1.29, 1.82) is 0 Å². The summed E-state index contributed by atoms with van der Waals surface area (Å²) in [6.07, 6.45) is -0.331. The molecule has 1 aromatic rings. The minimum Gasteiger partial charge on any atom is -0.294 e. The lowest BCUT2D eigenvalue weighted by Crippen LogP contribution is -2.65. The number of benzene rings is 1. The normalized spacial score (nSPS) is 25.1. The van der Waals surface area contributed by atoms with Crippen LogP contribution in [0.25, 0.3) is 0 Å². The quantitative estimate of drug-likeness (QED) is 0.800. The molecule has 0 bridgehead atoms. The molecule has 2 aliphatic rings. The molecule has 21 heavy (non-hydrogen) atoms. The van der Waals surface area contributed by atoms with Crippen molar-refractivity contribution in [2.24, 2.45) is 0 Å². The van der Waals surface area contributed by atoms with E-state index in [1.165, 1.54) is 12.1 Å². The number of halogens is 1. The summed E-state index contributed by atoms with van der Waals surface area (Å²) < 4.78 is 13.6. The summed E-state index contributed by atoms with van der Waals surface area (Å²) in [4.78, 5) is 48.7. The van der Waals surface area contributed by atoms with E-state index in [2.05, 4.69) is 0 Å². The van der Waals surface area contributed by atoms with E-state index in [1.54, 1.807) is 12.1 Å². The Kier molecular flexibility index (Phi) is 2.86. The van der Waals surface area contributed by atoms with Gasteiger partial charge in [-0.3, -0.25) is 29.4 Å². The number of carbonyl (C=O) groups excluding carboxylic acids is 4. The molecule has 7 heteroatoms. The number of nitrogens with one attached hydrogen (secondary N) is 1. The van der Waals surface area contributed by atoms with Crippen molar-refractivity contribution in [1.82, 2.24) is 10.2 Å². The van der Waals surface area contributed by atoms with Crippen LogP contribution in [-0.2, 0) is 9.59 Å². The zero-order valence-corrected chi connectivity index (χ0v) is 10.9. The molecule has 0 radical (unpaired) electrons. The second-order valence-corrected chi connectivity index (χ2v) is 5.03. The van der Waals surface area contributed by atoms with Gasteiger partial charge in [0.2, 0.25) is 5.91 Å². The van der Waals surface area contributed by atoms with E-state index in [0.29, 0.717) is 4.90 Å². The minimum atomic E-state index is -1.94. The predicted molar refractivity (Wildman–Crippen MR) is 68.0 cm³/mol. The Morgan fingerprint density at radius 2 is 1.67 bits per heavy atom. The summed E-state index contributed by atoms with van der Waals surface area (Å²) in [6.45, 7) is -1.22. The molecule has 1 saturated heterocycles. The topological polar surface area (TPSA) is 83.6 Å². The fourth-order valence-electron chi connectivity index (χ4n) is 2.72. The van der Waals surface area contributed by atoms with Gasteiger partial charge >= 0.3 is 0 Å². The van der Waals surface area contributed by atoms with Crippen LogP contribution in [0.3, 0.4) is 0 Å². The molecule has 6 nitrogen and oxygen atoms in total. The number of piperidine rings is 1. The first-order valence-electron chi connectivity index (χ1n) is 6.39. The highest BCUT2D eigenvalue weighted by Crippen LogP contribution is 2.34. The molecule has 0 aliphatic carbocycles. The Hall–Kier alpha value is -2.57. The van der Waals surface area contributed by atoms with Crippen LogP contribution in [0.1, 0.15) is 33.6 Å². The van der Waals surface area contributed by atoms with Crippen molar-refractivity contribution >= 4 is 23.6 Å². The van der Waals surface area contributed by atoms with Gasteiger partial charge in [-0.2, -0.15) is 0 Å². The second kappa shape index (κ2) is 4.47. The first-order chi connectivity index (χ1) is 10.0. The Labute approximate surface area is 118 Å². The number of carbonyl (C=O) groups is 4. The van der Waals surface area contributed by atoms with Crippen LogP contribution in [0.5, 0.6) is 0 Å². The average molecular weight is 290 g/mol. The van der Waals surface area contributed by atoms with Gasteiger partial charge in [-0.25, -0.2) is 4.39 Å². The van der Waals surface area contributed by atoms with E-state index in [-0.39, 0.29) is 24.0 Å². The second-order valence-electron chi connectivity index (χ2n) is 5.03.